The van der Waals surface area contributed by atoms with Crippen LogP contribution in [0.1, 0.15) is 25.0 Å². The highest BCUT2D eigenvalue weighted by atomic mass is 16.6. The number of nitro groups is 1. The Morgan fingerprint density at radius 1 is 1.04 bits per heavy atom. The molecule has 0 aliphatic carbocycles. The van der Waals surface area contributed by atoms with E-state index in [1.165, 1.54) is 6.07 Å². The number of hydrogen-bond acceptors (Lipinski definition) is 4. The molecule has 0 aliphatic rings. The third-order valence-electron chi connectivity index (χ3n) is 4.17. The van der Waals surface area contributed by atoms with Crippen molar-refractivity contribution in [2.45, 2.75) is 25.6 Å². The van der Waals surface area contributed by atoms with E-state index in [0.29, 0.717) is 11.8 Å². The van der Waals surface area contributed by atoms with Gasteiger partial charge in [0.2, 0.25) is 0 Å². The number of nitrogens with zero attached hydrogens (tertiary/aromatic N) is 1. The molecule has 2 unspecified atom stereocenters. The van der Waals surface area contributed by atoms with Crippen LogP contribution in [0.4, 0.5) is 5.69 Å². The van der Waals surface area contributed by atoms with Crippen LogP contribution in [0.15, 0.2) is 48.5 Å². The van der Waals surface area contributed by atoms with Gasteiger partial charge in [-0.05, 0) is 40.8 Å². The maximum atomic E-state index is 11.6. The zero-order valence-corrected chi connectivity index (χ0v) is 12.6. The van der Waals surface area contributed by atoms with Crippen LogP contribution in [-0.4, -0.2) is 21.2 Å². The van der Waals surface area contributed by atoms with Crippen LogP contribution < -0.4 is 0 Å². The summed E-state index contributed by atoms with van der Waals surface area (Å²) in [5.74, 6) is 0. The zero-order chi connectivity index (χ0) is 16.6. The molecule has 0 spiro atoms. The number of benzene rings is 3. The van der Waals surface area contributed by atoms with Gasteiger partial charge >= 0.3 is 0 Å². The van der Waals surface area contributed by atoms with Crippen LogP contribution in [0, 0.1) is 10.1 Å². The van der Waals surface area contributed by atoms with E-state index in [1.54, 1.807) is 19.1 Å². The summed E-state index contributed by atoms with van der Waals surface area (Å²) in [6, 6.07) is 14.6. The Morgan fingerprint density at radius 2 is 1.70 bits per heavy atom. The van der Waals surface area contributed by atoms with Gasteiger partial charge < -0.3 is 10.2 Å². The second-order valence-corrected chi connectivity index (χ2v) is 5.60. The molecule has 2 N–H and O–H groups in total. The Kier molecular flexibility index (Phi) is 3.98. The van der Waals surface area contributed by atoms with Crippen molar-refractivity contribution in [1.29, 1.82) is 0 Å². The van der Waals surface area contributed by atoms with Crippen LogP contribution in [0.5, 0.6) is 0 Å². The monoisotopic (exact) mass is 311 g/mol. The molecule has 23 heavy (non-hydrogen) atoms. The molecule has 5 nitrogen and oxygen atoms in total. The number of aliphatic hydroxyl groups is 2. The largest absolute Gasteiger partial charge is 0.390 e. The minimum atomic E-state index is -1.28. The van der Waals surface area contributed by atoms with Gasteiger partial charge in [0, 0.05) is 0 Å². The van der Waals surface area contributed by atoms with Gasteiger partial charge in [0.1, 0.15) is 6.10 Å². The first-order valence-electron chi connectivity index (χ1n) is 7.49. The second-order valence-electron chi connectivity index (χ2n) is 5.60. The SMILES string of the molecule is CCC(O)C(O)c1ccc2cc3ccccc3cc2c1[N+](=O)[O-]. The topological polar surface area (TPSA) is 83.6 Å². The lowest BCUT2D eigenvalue weighted by Crippen LogP contribution is -2.18. The smallest absolute Gasteiger partial charge is 0.283 e. The number of rotatable bonds is 4. The summed E-state index contributed by atoms with van der Waals surface area (Å²) in [6.07, 6.45) is -2.00. The van der Waals surface area contributed by atoms with Crippen LogP contribution in [-0.2, 0) is 0 Å². The maximum absolute atomic E-state index is 11.6. The third-order valence-corrected chi connectivity index (χ3v) is 4.17. The average molecular weight is 311 g/mol. The lowest BCUT2D eigenvalue weighted by molar-refractivity contribution is -0.384. The van der Waals surface area contributed by atoms with Gasteiger partial charge in [-0.2, -0.15) is 0 Å². The first kappa shape index (κ1) is 15.4. The summed E-state index contributed by atoms with van der Waals surface area (Å²) in [6.45, 7) is 1.72. The molecule has 3 aromatic rings. The zero-order valence-electron chi connectivity index (χ0n) is 12.6. The lowest BCUT2D eigenvalue weighted by atomic mass is 9.95. The molecule has 3 rings (SSSR count). The molecule has 0 saturated heterocycles. The van der Waals surface area contributed by atoms with Crippen LogP contribution in [0.2, 0.25) is 0 Å². The molecule has 0 heterocycles. The Hall–Kier alpha value is -2.50. The Balaban J connectivity index is 2.32. The number of fused-ring (bicyclic) bond motifs is 2. The second kappa shape index (κ2) is 5.95. The molecule has 0 radical (unpaired) electrons. The normalized spacial score (nSPS) is 14.0. The summed E-state index contributed by atoms with van der Waals surface area (Å²) in [4.78, 5) is 11.1. The van der Waals surface area contributed by atoms with Gasteiger partial charge in [0.15, 0.2) is 0 Å². The summed E-state index contributed by atoms with van der Waals surface area (Å²) >= 11 is 0. The fraction of sp³-hybridized carbons (Fsp3) is 0.222. The van der Waals surface area contributed by atoms with Crippen LogP contribution in [0.25, 0.3) is 21.5 Å². The first-order chi connectivity index (χ1) is 11.0. The van der Waals surface area contributed by atoms with E-state index in [4.69, 9.17) is 0 Å². The van der Waals surface area contributed by atoms with Crippen molar-refractivity contribution < 1.29 is 15.1 Å². The maximum Gasteiger partial charge on any atom is 0.283 e. The van der Waals surface area contributed by atoms with Gasteiger partial charge in [0.25, 0.3) is 5.69 Å². The first-order valence-corrected chi connectivity index (χ1v) is 7.49. The van der Waals surface area contributed by atoms with Crippen molar-refractivity contribution in [3.05, 3.63) is 64.2 Å². The molecule has 0 saturated carbocycles. The molecule has 118 valence electrons. The van der Waals surface area contributed by atoms with Gasteiger partial charge in [-0.15, -0.1) is 0 Å². The lowest BCUT2D eigenvalue weighted by Gasteiger charge is -2.17. The molecule has 0 aliphatic heterocycles. The number of aliphatic hydroxyl groups excluding tert-OH is 2. The fourth-order valence-electron chi connectivity index (χ4n) is 2.89. The van der Waals surface area contributed by atoms with E-state index in [-0.39, 0.29) is 11.3 Å². The van der Waals surface area contributed by atoms with Crippen molar-refractivity contribution in [3.63, 3.8) is 0 Å². The Labute approximate surface area is 132 Å². The molecule has 0 bridgehead atoms. The Bertz CT molecular complexity index is 891. The standard InChI is InChI=1S/C18H17NO4/c1-2-16(20)18(21)14-8-7-13-9-11-5-3-4-6-12(11)10-15(13)17(14)19(22)23/h3-10,16,18,20-21H,2H2,1H3. The molecule has 3 aromatic carbocycles. The van der Waals surface area contributed by atoms with Crippen molar-refractivity contribution in [1.82, 2.24) is 0 Å². The highest BCUT2D eigenvalue weighted by Gasteiger charge is 2.27. The average Bonchev–Trinajstić information content (AvgIpc) is 2.57. The fourth-order valence-corrected chi connectivity index (χ4v) is 2.89. The van der Waals surface area contributed by atoms with E-state index in [2.05, 4.69) is 0 Å². The number of nitro benzene ring substituents is 1. The van der Waals surface area contributed by atoms with E-state index in [9.17, 15) is 20.3 Å². The predicted molar refractivity (Wildman–Crippen MR) is 89.4 cm³/mol. The minimum absolute atomic E-state index is 0.145. The van der Waals surface area contributed by atoms with Crippen molar-refractivity contribution in [2.24, 2.45) is 0 Å². The molecule has 0 aromatic heterocycles. The van der Waals surface area contributed by atoms with Crippen molar-refractivity contribution in [3.8, 4) is 0 Å². The third kappa shape index (κ3) is 2.65. The summed E-state index contributed by atoms with van der Waals surface area (Å²) in [5, 5.41) is 34.8. The van der Waals surface area contributed by atoms with Crippen molar-refractivity contribution >= 4 is 27.2 Å². The van der Waals surface area contributed by atoms with Gasteiger partial charge in [-0.1, -0.05) is 37.3 Å². The summed E-state index contributed by atoms with van der Waals surface area (Å²) in [7, 11) is 0. The number of hydrogen-bond donors (Lipinski definition) is 2. The van der Waals surface area contributed by atoms with Crippen LogP contribution in [0.3, 0.4) is 0 Å². The highest BCUT2D eigenvalue weighted by Crippen LogP contribution is 2.36. The van der Waals surface area contributed by atoms with Gasteiger partial charge in [-0.25, -0.2) is 0 Å². The predicted octanol–water partition coefficient (Wildman–Crippen LogP) is 3.71. The molecular formula is C18H17NO4. The van der Waals surface area contributed by atoms with E-state index in [0.717, 1.165) is 16.2 Å². The van der Waals surface area contributed by atoms with Gasteiger partial charge in [0.05, 0.1) is 22.0 Å². The highest BCUT2D eigenvalue weighted by molar-refractivity contribution is 6.02. The molecule has 2 atom stereocenters. The molecular weight excluding hydrogens is 294 g/mol. The van der Waals surface area contributed by atoms with E-state index in [1.807, 2.05) is 30.3 Å². The van der Waals surface area contributed by atoms with E-state index < -0.39 is 17.1 Å². The minimum Gasteiger partial charge on any atom is -0.390 e. The van der Waals surface area contributed by atoms with Gasteiger partial charge in [-0.3, -0.25) is 10.1 Å². The molecule has 0 amide bonds. The quantitative estimate of drug-likeness (QED) is 0.437. The van der Waals surface area contributed by atoms with E-state index >= 15 is 0 Å². The Morgan fingerprint density at radius 3 is 2.30 bits per heavy atom. The molecule has 0 fully saturated rings. The summed E-state index contributed by atoms with van der Waals surface area (Å²) in [5.41, 5.74) is 0.000356. The van der Waals surface area contributed by atoms with Crippen LogP contribution >= 0.6 is 0 Å². The molecule has 5 heteroatoms. The summed E-state index contributed by atoms with van der Waals surface area (Å²) < 4.78 is 0. The van der Waals surface area contributed by atoms with Crippen molar-refractivity contribution in [2.75, 3.05) is 0 Å².